The van der Waals surface area contributed by atoms with Crippen LogP contribution in [0.4, 0.5) is 0 Å². The molecule has 0 saturated heterocycles. The van der Waals surface area contributed by atoms with Crippen molar-refractivity contribution in [3.8, 4) is 0 Å². The van der Waals surface area contributed by atoms with Crippen molar-refractivity contribution in [2.24, 2.45) is 0 Å². The maximum atomic E-state index is 10.9. The quantitative estimate of drug-likeness (QED) is 0.452. The molecule has 0 aromatic rings. The van der Waals surface area contributed by atoms with Crippen molar-refractivity contribution in [3.63, 3.8) is 0 Å². The zero-order valence-electron chi connectivity index (χ0n) is 8.03. The Morgan fingerprint density at radius 2 is 2.23 bits per heavy atom. The monoisotopic (exact) mass is 190 g/mol. The molecule has 4 nitrogen and oxygen atoms in total. The van der Waals surface area contributed by atoms with E-state index in [2.05, 4.69) is 0 Å². The van der Waals surface area contributed by atoms with Crippen LogP contribution in [0.3, 0.4) is 0 Å². The SMILES string of the molecule is CCCCOC(=O)CC(O)CCO. The lowest BCUT2D eigenvalue weighted by Crippen LogP contribution is -2.17. The highest BCUT2D eigenvalue weighted by molar-refractivity contribution is 5.69. The van der Waals surface area contributed by atoms with Crippen LogP contribution >= 0.6 is 0 Å². The van der Waals surface area contributed by atoms with Gasteiger partial charge in [0.15, 0.2) is 0 Å². The molecule has 0 radical (unpaired) electrons. The third kappa shape index (κ3) is 7.74. The number of aliphatic hydroxyl groups excluding tert-OH is 2. The van der Waals surface area contributed by atoms with Crippen molar-refractivity contribution in [1.82, 2.24) is 0 Å². The van der Waals surface area contributed by atoms with Gasteiger partial charge in [0.2, 0.25) is 0 Å². The van der Waals surface area contributed by atoms with Gasteiger partial charge >= 0.3 is 5.97 Å². The zero-order valence-corrected chi connectivity index (χ0v) is 8.03. The van der Waals surface area contributed by atoms with Crippen molar-refractivity contribution in [2.75, 3.05) is 13.2 Å². The van der Waals surface area contributed by atoms with Crippen LogP contribution in [0.25, 0.3) is 0 Å². The van der Waals surface area contributed by atoms with Gasteiger partial charge in [-0.3, -0.25) is 4.79 Å². The number of hydrogen-bond acceptors (Lipinski definition) is 4. The normalized spacial score (nSPS) is 12.5. The van der Waals surface area contributed by atoms with E-state index >= 15 is 0 Å². The maximum absolute atomic E-state index is 10.9. The molecule has 78 valence electrons. The molecule has 13 heavy (non-hydrogen) atoms. The van der Waals surface area contributed by atoms with Crippen LogP contribution in [0, 0.1) is 0 Å². The molecule has 1 atom stereocenters. The predicted molar refractivity (Wildman–Crippen MR) is 48.2 cm³/mol. The molecule has 0 aliphatic carbocycles. The van der Waals surface area contributed by atoms with Gasteiger partial charge in [-0.2, -0.15) is 0 Å². The van der Waals surface area contributed by atoms with Crippen molar-refractivity contribution >= 4 is 5.97 Å². The first-order chi connectivity index (χ1) is 6.20. The molecule has 0 aromatic carbocycles. The van der Waals surface area contributed by atoms with E-state index < -0.39 is 12.1 Å². The molecule has 0 aliphatic rings. The predicted octanol–water partition coefficient (Wildman–Crippen LogP) is 0.463. The highest BCUT2D eigenvalue weighted by atomic mass is 16.5. The lowest BCUT2D eigenvalue weighted by Gasteiger charge is -2.08. The fraction of sp³-hybridized carbons (Fsp3) is 0.889. The molecule has 2 N–H and O–H groups in total. The molecule has 0 aromatic heterocycles. The third-order valence-electron chi connectivity index (χ3n) is 1.63. The number of hydrogen-bond donors (Lipinski definition) is 2. The molecular weight excluding hydrogens is 172 g/mol. The first-order valence-corrected chi connectivity index (χ1v) is 4.65. The van der Waals surface area contributed by atoms with E-state index in [4.69, 9.17) is 14.9 Å². The summed E-state index contributed by atoms with van der Waals surface area (Å²) < 4.78 is 4.82. The van der Waals surface area contributed by atoms with Gasteiger partial charge in [-0.25, -0.2) is 0 Å². The second kappa shape index (κ2) is 8.01. The first-order valence-electron chi connectivity index (χ1n) is 4.65. The van der Waals surface area contributed by atoms with E-state index in [0.717, 1.165) is 12.8 Å². The number of rotatable bonds is 7. The molecule has 0 heterocycles. The minimum Gasteiger partial charge on any atom is -0.466 e. The fourth-order valence-corrected chi connectivity index (χ4v) is 0.833. The van der Waals surface area contributed by atoms with Crippen LogP contribution in [-0.4, -0.2) is 35.5 Å². The van der Waals surface area contributed by atoms with Gasteiger partial charge in [-0.15, -0.1) is 0 Å². The summed E-state index contributed by atoms with van der Waals surface area (Å²) >= 11 is 0. The minimum atomic E-state index is -0.779. The topological polar surface area (TPSA) is 66.8 Å². The molecule has 1 unspecified atom stereocenters. The molecule has 0 spiro atoms. The van der Waals surface area contributed by atoms with Crippen molar-refractivity contribution < 1.29 is 19.7 Å². The van der Waals surface area contributed by atoms with Crippen LogP contribution in [0.1, 0.15) is 32.6 Å². The summed E-state index contributed by atoms with van der Waals surface area (Å²) in [6.07, 6.45) is 1.25. The van der Waals surface area contributed by atoms with Crippen LogP contribution in [0.5, 0.6) is 0 Å². The Labute approximate surface area is 78.5 Å². The van der Waals surface area contributed by atoms with E-state index in [0.29, 0.717) is 6.61 Å². The van der Waals surface area contributed by atoms with Gasteiger partial charge in [0, 0.05) is 6.61 Å². The average molecular weight is 190 g/mol. The summed E-state index contributed by atoms with van der Waals surface area (Å²) in [6.45, 7) is 2.32. The Balaban J connectivity index is 3.38. The molecule has 0 rings (SSSR count). The lowest BCUT2D eigenvalue weighted by molar-refractivity contribution is -0.146. The number of unbranched alkanes of at least 4 members (excludes halogenated alkanes) is 1. The highest BCUT2D eigenvalue weighted by Crippen LogP contribution is 1.99. The molecule has 0 aliphatic heterocycles. The minimum absolute atomic E-state index is 0.0235. The highest BCUT2D eigenvalue weighted by Gasteiger charge is 2.10. The lowest BCUT2D eigenvalue weighted by atomic mass is 10.2. The third-order valence-corrected chi connectivity index (χ3v) is 1.63. The number of carbonyl (C=O) groups is 1. The largest absolute Gasteiger partial charge is 0.466 e. The van der Waals surface area contributed by atoms with Gasteiger partial charge in [0.25, 0.3) is 0 Å². The van der Waals surface area contributed by atoms with Gasteiger partial charge in [-0.05, 0) is 12.8 Å². The Kier molecular flexibility index (Phi) is 7.63. The van der Waals surface area contributed by atoms with E-state index in [1.54, 1.807) is 0 Å². The van der Waals surface area contributed by atoms with Gasteiger partial charge < -0.3 is 14.9 Å². The standard InChI is InChI=1S/C9H18O4/c1-2-3-6-13-9(12)7-8(11)4-5-10/h8,10-11H,2-7H2,1H3. The summed E-state index contributed by atoms with van der Waals surface area (Å²) in [5.41, 5.74) is 0. The molecule has 0 saturated carbocycles. The summed E-state index contributed by atoms with van der Waals surface area (Å²) in [6, 6.07) is 0. The van der Waals surface area contributed by atoms with E-state index in [-0.39, 0.29) is 19.4 Å². The van der Waals surface area contributed by atoms with E-state index in [1.807, 2.05) is 6.92 Å². The number of carbonyl (C=O) groups excluding carboxylic acids is 1. The average Bonchev–Trinajstić information content (AvgIpc) is 2.05. The maximum Gasteiger partial charge on any atom is 0.308 e. The van der Waals surface area contributed by atoms with Crippen molar-refractivity contribution in [3.05, 3.63) is 0 Å². The summed E-state index contributed by atoms with van der Waals surface area (Å²) in [7, 11) is 0. The van der Waals surface area contributed by atoms with Gasteiger partial charge in [-0.1, -0.05) is 13.3 Å². The van der Waals surface area contributed by atoms with Gasteiger partial charge in [0.1, 0.15) is 0 Å². The Morgan fingerprint density at radius 1 is 1.54 bits per heavy atom. The number of aliphatic hydroxyl groups is 2. The summed E-state index contributed by atoms with van der Waals surface area (Å²) in [5.74, 6) is -0.394. The Morgan fingerprint density at radius 3 is 2.77 bits per heavy atom. The van der Waals surface area contributed by atoms with Crippen LogP contribution in [0.2, 0.25) is 0 Å². The molecular formula is C9H18O4. The first kappa shape index (κ1) is 12.4. The van der Waals surface area contributed by atoms with Crippen molar-refractivity contribution in [2.45, 2.75) is 38.7 Å². The fourth-order valence-electron chi connectivity index (χ4n) is 0.833. The Bertz CT molecular complexity index is 136. The van der Waals surface area contributed by atoms with Crippen LogP contribution in [-0.2, 0) is 9.53 Å². The number of esters is 1. The zero-order chi connectivity index (χ0) is 10.1. The second-order valence-corrected chi connectivity index (χ2v) is 2.94. The summed E-state index contributed by atoms with van der Waals surface area (Å²) in [4.78, 5) is 10.9. The molecule has 0 fully saturated rings. The smallest absolute Gasteiger partial charge is 0.308 e. The van der Waals surface area contributed by atoms with Gasteiger partial charge in [0.05, 0.1) is 19.1 Å². The van der Waals surface area contributed by atoms with Crippen LogP contribution < -0.4 is 0 Å². The Hall–Kier alpha value is -0.610. The molecule has 0 bridgehead atoms. The number of ether oxygens (including phenoxy) is 1. The van der Waals surface area contributed by atoms with Crippen LogP contribution in [0.15, 0.2) is 0 Å². The summed E-state index contributed by atoms with van der Waals surface area (Å²) in [5, 5.41) is 17.6. The molecule has 0 amide bonds. The molecule has 4 heteroatoms. The second-order valence-electron chi connectivity index (χ2n) is 2.94. The van der Waals surface area contributed by atoms with E-state index in [9.17, 15) is 4.79 Å². The van der Waals surface area contributed by atoms with E-state index in [1.165, 1.54) is 0 Å². The van der Waals surface area contributed by atoms with Crippen molar-refractivity contribution in [1.29, 1.82) is 0 Å².